The summed E-state index contributed by atoms with van der Waals surface area (Å²) in [6.07, 6.45) is 5.18. The standard InChI is InChI=1S/C18H22O6/c1-11-5-4-8-15(21)14(20)7-3-2-6-12-9-13(19)10-16(22)17(12)18(23)24-11/h2,4,6,8-11,14-15,19-22H,3,5,7H2,1H3/b6-2-,8-4-/t11-,14+,15-/m1/s1. The third kappa shape index (κ3) is 4.59. The van der Waals surface area contributed by atoms with E-state index in [0.29, 0.717) is 24.8 Å². The van der Waals surface area contributed by atoms with Crippen LogP contribution >= 0.6 is 0 Å². The van der Waals surface area contributed by atoms with E-state index >= 15 is 0 Å². The molecule has 0 spiro atoms. The van der Waals surface area contributed by atoms with Crippen LogP contribution < -0.4 is 0 Å². The Morgan fingerprint density at radius 1 is 1.17 bits per heavy atom. The van der Waals surface area contributed by atoms with E-state index in [-0.39, 0.29) is 17.1 Å². The molecular formula is C18H22O6. The fraction of sp³-hybridized carbons (Fsp3) is 0.389. The van der Waals surface area contributed by atoms with Crippen molar-refractivity contribution in [3.63, 3.8) is 0 Å². The highest BCUT2D eigenvalue weighted by Crippen LogP contribution is 2.29. The predicted molar refractivity (Wildman–Crippen MR) is 88.7 cm³/mol. The Morgan fingerprint density at radius 3 is 2.67 bits per heavy atom. The highest BCUT2D eigenvalue weighted by molar-refractivity contribution is 5.97. The molecule has 0 radical (unpaired) electrons. The number of aliphatic hydroxyl groups is 2. The highest BCUT2D eigenvalue weighted by atomic mass is 16.5. The maximum Gasteiger partial charge on any atom is 0.342 e. The van der Waals surface area contributed by atoms with Gasteiger partial charge in [0, 0.05) is 12.5 Å². The van der Waals surface area contributed by atoms with Gasteiger partial charge in [0.2, 0.25) is 0 Å². The summed E-state index contributed by atoms with van der Waals surface area (Å²) in [5.74, 6) is -1.22. The molecule has 0 aromatic heterocycles. The molecule has 3 atom stereocenters. The van der Waals surface area contributed by atoms with Gasteiger partial charge in [-0.15, -0.1) is 0 Å². The van der Waals surface area contributed by atoms with Gasteiger partial charge in [-0.05, 0) is 31.4 Å². The number of fused-ring (bicyclic) bond motifs is 1. The molecule has 0 saturated heterocycles. The molecule has 0 fully saturated rings. The van der Waals surface area contributed by atoms with Gasteiger partial charge < -0.3 is 25.2 Å². The lowest BCUT2D eigenvalue weighted by Crippen LogP contribution is -2.23. The molecule has 1 aromatic carbocycles. The zero-order valence-corrected chi connectivity index (χ0v) is 13.4. The predicted octanol–water partition coefficient (Wildman–Crippen LogP) is 2.12. The second-order valence-electron chi connectivity index (χ2n) is 5.85. The zero-order chi connectivity index (χ0) is 17.7. The first-order chi connectivity index (χ1) is 11.4. The third-order valence-electron chi connectivity index (χ3n) is 3.77. The van der Waals surface area contributed by atoms with Crippen LogP contribution in [0.5, 0.6) is 11.5 Å². The Kier molecular flexibility index (Phi) is 6.00. The van der Waals surface area contributed by atoms with Crippen LogP contribution in [0.4, 0.5) is 0 Å². The van der Waals surface area contributed by atoms with Crippen molar-refractivity contribution in [3.05, 3.63) is 41.5 Å². The lowest BCUT2D eigenvalue weighted by Gasteiger charge is -2.16. The van der Waals surface area contributed by atoms with Gasteiger partial charge in [-0.1, -0.05) is 24.3 Å². The van der Waals surface area contributed by atoms with E-state index in [2.05, 4.69) is 0 Å². The monoisotopic (exact) mass is 334 g/mol. The molecule has 0 unspecified atom stereocenters. The van der Waals surface area contributed by atoms with E-state index in [0.717, 1.165) is 6.07 Å². The number of carbonyl (C=O) groups is 1. The number of cyclic esters (lactones) is 1. The lowest BCUT2D eigenvalue weighted by atomic mass is 10.0. The number of esters is 1. The summed E-state index contributed by atoms with van der Waals surface area (Å²) < 4.78 is 5.29. The van der Waals surface area contributed by atoms with E-state index in [9.17, 15) is 25.2 Å². The molecule has 4 N–H and O–H groups in total. The van der Waals surface area contributed by atoms with Gasteiger partial charge >= 0.3 is 5.97 Å². The van der Waals surface area contributed by atoms with E-state index < -0.39 is 24.3 Å². The molecule has 0 amide bonds. The van der Waals surface area contributed by atoms with Crippen molar-refractivity contribution >= 4 is 12.0 Å². The molecule has 1 aliphatic rings. The highest BCUT2D eigenvalue weighted by Gasteiger charge is 2.20. The minimum absolute atomic E-state index is 0.0162. The zero-order valence-electron chi connectivity index (χ0n) is 13.4. The average Bonchev–Trinajstić information content (AvgIpc) is 2.49. The SMILES string of the molecule is C[C@@H]1C/C=C\[C@@H](O)[C@@H](O)CC/C=C\c2cc(O)cc(O)c2C(=O)O1. The maximum atomic E-state index is 12.3. The molecule has 1 aromatic rings. The Bertz CT molecular complexity index is 649. The normalized spacial score (nSPS) is 28.3. The molecule has 1 aliphatic heterocycles. The molecule has 0 aliphatic carbocycles. The summed E-state index contributed by atoms with van der Waals surface area (Å²) in [6.45, 7) is 1.68. The molecule has 0 bridgehead atoms. The number of aromatic hydroxyl groups is 2. The number of hydrogen-bond donors (Lipinski definition) is 4. The number of carbonyl (C=O) groups excluding carboxylic acids is 1. The Balaban J connectivity index is 2.36. The summed E-state index contributed by atoms with van der Waals surface area (Å²) in [5, 5.41) is 39.3. The second-order valence-corrected chi connectivity index (χ2v) is 5.85. The van der Waals surface area contributed by atoms with Crippen LogP contribution in [0.15, 0.2) is 30.4 Å². The van der Waals surface area contributed by atoms with E-state index in [1.807, 2.05) is 0 Å². The van der Waals surface area contributed by atoms with Crippen molar-refractivity contribution in [2.24, 2.45) is 0 Å². The van der Waals surface area contributed by atoms with E-state index in [1.54, 1.807) is 25.2 Å². The quantitative estimate of drug-likeness (QED) is 0.428. The van der Waals surface area contributed by atoms with Crippen LogP contribution in [0.3, 0.4) is 0 Å². The number of aliphatic hydroxyl groups excluding tert-OH is 2. The number of allylic oxidation sites excluding steroid dienone is 1. The first kappa shape index (κ1) is 18.0. The van der Waals surface area contributed by atoms with Crippen LogP contribution in [-0.2, 0) is 4.74 Å². The minimum Gasteiger partial charge on any atom is -0.508 e. The number of phenolic OH excluding ortho intramolecular Hbond substituents is 2. The summed E-state index contributed by atoms with van der Waals surface area (Å²) >= 11 is 0. The van der Waals surface area contributed by atoms with Crippen LogP contribution in [0.1, 0.15) is 42.1 Å². The Labute approximate surface area is 140 Å². The maximum absolute atomic E-state index is 12.3. The summed E-state index contributed by atoms with van der Waals surface area (Å²) in [7, 11) is 0. The van der Waals surface area contributed by atoms with E-state index in [4.69, 9.17) is 4.74 Å². The van der Waals surface area contributed by atoms with Crippen molar-refractivity contribution in [2.75, 3.05) is 0 Å². The molecule has 6 heteroatoms. The third-order valence-corrected chi connectivity index (χ3v) is 3.77. The lowest BCUT2D eigenvalue weighted by molar-refractivity contribution is 0.0337. The van der Waals surface area contributed by atoms with Crippen LogP contribution in [-0.4, -0.2) is 44.7 Å². The van der Waals surface area contributed by atoms with Crippen molar-refractivity contribution in [1.29, 1.82) is 0 Å². The first-order valence-electron chi connectivity index (χ1n) is 7.84. The van der Waals surface area contributed by atoms with Crippen LogP contribution in [0, 0.1) is 0 Å². The largest absolute Gasteiger partial charge is 0.508 e. The summed E-state index contributed by atoms with van der Waals surface area (Å²) in [5.41, 5.74) is 0.310. The summed E-state index contributed by atoms with van der Waals surface area (Å²) in [6, 6.07) is 2.44. The molecule has 0 saturated carbocycles. The van der Waals surface area contributed by atoms with Crippen molar-refractivity contribution < 1.29 is 30.0 Å². The van der Waals surface area contributed by atoms with Gasteiger partial charge in [-0.25, -0.2) is 4.79 Å². The van der Waals surface area contributed by atoms with Crippen LogP contribution in [0.25, 0.3) is 6.08 Å². The number of hydrogen-bond acceptors (Lipinski definition) is 6. The first-order valence-corrected chi connectivity index (χ1v) is 7.84. The smallest absolute Gasteiger partial charge is 0.342 e. The Hall–Kier alpha value is -2.31. The van der Waals surface area contributed by atoms with Gasteiger partial charge in [0.1, 0.15) is 23.2 Å². The van der Waals surface area contributed by atoms with Gasteiger partial charge in [0.05, 0.1) is 12.2 Å². The van der Waals surface area contributed by atoms with Crippen molar-refractivity contribution in [3.8, 4) is 11.5 Å². The van der Waals surface area contributed by atoms with Crippen LogP contribution in [0.2, 0.25) is 0 Å². The minimum atomic E-state index is -0.982. The Morgan fingerprint density at radius 2 is 1.92 bits per heavy atom. The number of ether oxygens (including phenoxy) is 1. The average molecular weight is 334 g/mol. The number of phenols is 2. The molecular weight excluding hydrogens is 312 g/mol. The molecule has 130 valence electrons. The van der Waals surface area contributed by atoms with Gasteiger partial charge in [0.25, 0.3) is 0 Å². The van der Waals surface area contributed by atoms with E-state index in [1.165, 1.54) is 12.1 Å². The molecule has 2 rings (SSSR count). The summed E-state index contributed by atoms with van der Waals surface area (Å²) in [4.78, 5) is 12.3. The van der Waals surface area contributed by atoms with Gasteiger partial charge in [0.15, 0.2) is 0 Å². The molecule has 24 heavy (non-hydrogen) atoms. The fourth-order valence-corrected chi connectivity index (χ4v) is 2.46. The number of benzene rings is 1. The van der Waals surface area contributed by atoms with Crippen molar-refractivity contribution in [1.82, 2.24) is 0 Å². The molecule has 6 nitrogen and oxygen atoms in total. The van der Waals surface area contributed by atoms with Gasteiger partial charge in [-0.3, -0.25) is 0 Å². The van der Waals surface area contributed by atoms with Gasteiger partial charge in [-0.2, -0.15) is 0 Å². The van der Waals surface area contributed by atoms with Crippen molar-refractivity contribution in [2.45, 2.75) is 44.5 Å². The number of rotatable bonds is 0. The molecule has 1 heterocycles. The topological polar surface area (TPSA) is 107 Å². The second kappa shape index (κ2) is 7.99. The fourth-order valence-electron chi connectivity index (χ4n) is 2.46.